The molecule has 2 saturated heterocycles. The number of carbonyl (C=O) groups excluding carboxylic acids is 2. The minimum absolute atomic E-state index is 0.0151. The van der Waals surface area contributed by atoms with Crippen molar-refractivity contribution in [2.24, 2.45) is 0 Å². The van der Waals surface area contributed by atoms with Gasteiger partial charge < -0.3 is 29.9 Å². The van der Waals surface area contributed by atoms with Crippen LogP contribution in [0.1, 0.15) is 59.8 Å². The number of hydrogen-bond acceptors (Lipinski definition) is 8. The molecule has 0 radical (unpaired) electrons. The van der Waals surface area contributed by atoms with Crippen LogP contribution in [0.4, 0.5) is 0 Å². The third-order valence-corrected chi connectivity index (χ3v) is 7.46. The van der Waals surface area contributed by atoms with Crippen LogP contribution in [0, 0.1) is 0 Å². The quantitative estimate of drug-likeness (QED) is 0.365. The number of allylic oxidation sites excluding steroid dienone is 6. The zero-order chi connectivity index (χ0) is 27.6. The molecule has 4 atom stereocenters. The number of carbonyl (C=O) groups is 2. The van der Waals surface area contributed by atoms with Gasteiger partial charge in [-0.2, -0.15) is 0 Å². The van der Waals surface area contributed by atoms with E-state index in [2.05, 4.69) is 13.2 Å². The highest BCUT2D eigenvalue weighted by Crippen LogP contribution is 2.49. The molecule has 4 rings (SSSR count). The van der Waals surface area contributed by atoms with Crippen LogP contribution in [0.15, 0.2) is 71.3 Å². The van der Waals surface area contributed by atoms with Crippen molar-refractivity contribution in [3.05, 3.63) is 71.3 Å². The molecule has 2 fully saturated rings. The van der Waals surface area contributed by atoms with Gasteiger partial charge in [-0.3, -0.25) is 9.59 Å². The molecule has 4 aliphatic rings. The van der Waals surface area contributed by atoms with Crippen molar-refractivity contribution in [2.45, 2.75) is 94.4 Å². The smallest absolute Gasteiger partial charge is 0.188 e. The van der Waals surface area contributed by atoms with Gasteiger partial charge in [0.25, 0.3) is 0 Å². The fraction of sp³-hybridized carbons (Fsp3) is 0.517. The molecule has 8 heteroatoms. The van der Waals surface area contributed by atoms with Crippen molar-refractivity contribution in [3.8, 4) is 0 Å². The van der Waals surface area contributed by atoms with E-state index in [1.54, 1.807) is 39.8 Å². The molecule has 0 amide bonds. The summed E-state index contributed by atoms with van der Waals surface area (Å²) in [6.45, 7) is 13.6. The van der Waals surface area contributed by atoms with Gasteiger partial charge in [-0.1, -0.05) is 12.2 Å². The number of aliphatic hydroxyl groups is 4. The second-order valence-corrected chi connectivity index (χ2v) is 11.6. The Morgan fingerprint density at radius 1 is 0.838 bits per heavy atom. The maximum absolute atomic E-state index is 13.6. The molecule has 0 saturated carbocycles. The first-order valence-corrected chi connectivity index (χ1v) is 12.5. The number of hydrogen-bond donors (Lipinski definition) is 4. The van der Waals surface area contributed by atoms with Gasteiger partial charge >= 0.3 is 0 Å². The number of rotatable bonds is 8. The molecule has 0 aromatic heterocycles. The Kier molecular flexibility index (Phi) is 6.56. The molecule has 0 aromatic rings. The SMILES string of the molecule is C=CCC1=C[C@@]2(O)C[C@H](C(C)(C)O)OC2=C(CC2=C3O[C@@H](C(C)(C)O)C[C@]3(O)C=C(CC=C)C2=O)C1=O. The molecule has 2 aliphatic carbocycles. The van der Waals surface area contributed by atoms with Gasteiger partial charge in [-0.25, -0.2) is 0 Å². The Bertz CT molecular complexity index is 1090. The topological polar surface area (TPSA) is 134 Å². The molecule has 2 aliphatic heterocycles. The lowest BCUT2D eigenvalue weighted by Crippen LogP contribution is -2.38. The minimum Gasteiger partial charge on any atom is -0.488 e. The van der Waals surface area contributed by atoms with Crippen molar-refractivity contribution in [3.63, 3.8) is 0 Å². The third-order valence-electron chi connectivity index (χ3n) is 7.46. The van der Waals surface area contributed by atoms with E-state index in [9.17, 15) is 30.0 Å². The average molecular weight is 513 g/mol. The second-order valence-electron chi connectivity index (χ2n) is 11.6. The molecule has 0 aromatic carbocycles. The first-order chi connectivity index (χ1) is 17.0. The second kappa shape index (κ2) is 8.91. The largest absolute Gasteiger partial charge is 0.488 e. The summed E-state index contributed by atoms with van der Waals surface area (Å²) in [7, 11) is 0. The Balaban J connectivity index is 1.86. The van der Waals surface area contributed by atoms with Crippen LogP contribution in [0.25, 0.3) is 0 Å². The van der Waals surface area contributed by atoms with Crippen LogP contribution in [-0.2, 0) is 19.1 Å². The summed E-state index contributed by atoms with van der Waals surface area (Å²) in [5, 5.41) is 44.3. The first-order valence-electron chi connectivity index (χ1n) is 12.5. The van der Waals surface area contributed by atoms with Gasteiger partial charge in [-0.05, 0) is 52.7 Å². The van der Waals surface area contributed by atoms with Crippen molar-refractivity contribution in [2.75, 3.05) is 0 Å². The molecule has 37 heavy (non-hydrogen) atoms. The van der Waals surface area contributed by atoms with E-state index in [0.29, 0.717) is 11.1 Å². The lowest BCUT2D eigenvalue weighted by Gasteiger charge is -2.30. The van der Waals surface area contributed by atoms with Crippen molar-refractivity contribution in [1.82, 2.24) is 0 Å². The number of ether oxygens (including phenoxy) is 2. The molecule has 4 N–H and O–H groups in total. The van der Waals surface area contributed by atoms with Crippen LogP contribution < -0.4 is 0 Å². The zero-order valence-electron chi connectivity index (χ0n) is 21.8. The Morgan fingerprint density at radius 3 is 1.49 bits per heavy atom. The third kappa shape index (κ3) is 4.68. The fourth-order valence-corrected chi connectivity index (χ4v) is 5.44. The van der Waals surface area contributed by atoms with Crippen molar-refractivity contribution < 1.29 is 39.5 Å². The van der Waals surface area contributed by atoms with E-state index < -0.39 is 46.2 Å². The summed E-state index contributed by atoms with van der Waals surface area (Å²) in [4.78, 5) is 27.2. The zero-order valence-corrected chi connectivity index (χ0v) is 21.8. The summed E-state index contributed by atoms with van der Waals surface area (Å²) in [5.41, 5.74) is -5.22. The highest BCUT2D eigenvalue weighted by Gasteiger charge is 2.55. The average Bonchev–Trinajstić information content (AvgIpc) is 3.31. The van der Waals surface area contributed by atoms with Gasteiger partial charge in [-0.15, -0.1) is 13.2 Å². The number of Topliss-reactive ketones (excluding diaryl/α,β-unsaturated/α-hetero) is 2. The number of ketones is 2. The Morgan fingerprint density at radius 2 is 1.19 bits per heavy atom. The molecule has 200 valence electrons. The van der Waals surface area contributed by atoms with Gasteiger partial charge in [0.2, 0.25) is 0 Å². The van der Waals surface area contributed by atoms with Crippen LogP contribution in [0.2, 0.25) is 0 Å². The van der Waals surface area contributed by atoms with E-state index in [0.717, 1.165) is 0 Å². The summed E-state index contributed by atoms with van der Waals surface area (Å²) >= 11 is 0. The van der Waals surface area contributed by atoms with E-state index in [1.165, 1.54) is 12.2 Å². The van der Waals surface area contributed by atoms with Gasteiger partial charge in [0, 0.05) is 41.6 Å². The van der Waals surface area contributed by atoms with E-state index in [-0.39, 0.29) is 54.8 Å². The summed E-state index contributed by atoms with van der Waals surface area (Å²) < 4.78 is 12.0. The highest BCUT2D eigenvalue weighted by atomic mass is 16.5. The molecule has 0 bridgehead atoms. The number of fused-ring (bicyclic) bond motifs is 2. The predicted molar refractivity (Wildman–Crippen MR) is 136 cm³/mol. The molecule has 8 nitrogen and oxygen atoms in total. The van der Waals surface area contributed by atoms with Crippen molar-refractivity contribution in [1.29, 1.82) is 0 Å². The van der Waals surface area contributed by atoms with E-state index in [1.807, 2.05) is 0 Å². The predicted octanol–water partition coefficient (Wildman–Crippen LogP) is 2.64. The van der Waals surface area contributed by atoms with E-state index >= 15 is 0 Å². The van der Waals surface area contributed by atoms with Crippen LogP contribution in [0.3, 0.4) is 0 Å². The summed E-state index contributed by atoms with van der Waals surface area (Å²) in [5.74, 6) is -0.869. The van der Waals surface area contributed by atoms with Crippen LogP contribution in [0.5, 0.6) is 0 Å². The Labute approximate surface area is 217 Å². The summed E-state index contributed by atoms with van der Waals surface area (Å²) in [6.07, 6.45) is 4.52. The highest BCUT2D eigenvalue weighted by molar-refractivity contribution is 6.15. The van der Waals surface area contributed by atoms with Crippen molar-refractivity contribution >= 4 is 11.6 Å². The Hall–Kier alpha value is -2.78. The van der Waals surface area contributed by atoms with E-state index in [4.69, 9.17) is 9.47 Å². The lowest BCUT2D eigenvalue weighted by atomic mass is 9.76. The maximum Gasteiger partial charge on any atom is 0.188 e. The minimum atomic E-state index is -1.66. The molecule has 0 unspecified atom stereocenters. The van der Waals surface area contributed by atoms with Gasteiger partial charge in [0.1, 0.15) is 34.9 Å². The van der Waals surface area contributed by atoms with Gasteiger partial charge in [0.05, 0.1) is 11.2 Å². The fourth-order valence-electron chi connectivity index (χ4n) is 5.44. The van der Waals surface area contributed by atoms with Crippen LogP contribution >= 0.6 is 0 Å². The first kappa shape index (κ1) is 27.3. The molecule has 2 heterocycles. The molecular weight excluding hydrogens is 476 g/mol. The lowest BCUT2D eigenvalue weighted by molar-refractivity contribution is -0.113. The normalized spacial score (nSPS) is 31.9. The molecular formula is C29H36O8. The maximum atomic E-state index is 13.6. The van der Waals surface area contributed by atoms with Gasteiger partial charge in [0.15, 0.2) is 11.6 Å². The standard InChI is InChI=1S/C29H36O8/c1-7-9-16-12-28(34)14-20(26(3,4)32)36-24(28)18(22(16)30)11-19-23(31)17(10-8-2)13-29(35)15-21(27(5,6)33)37-25(19)29/h7-8,12-13,20-21,32-35H,1-2,9-11,14-15H2,3-6H3/t20-,21-,28-,29-/m1/s1. The monoisotopic (exact) mass is 512 g/mol. The summed E-state index contributed by atoms with van der Waals surface area (Å²) in [6, 6.07) is 0. The van der Waals surface area contributed by atoms with Crippen LogP contribution in [-0.4, -0.2) is 66.6 Å². The molecule has 0 spiro atoms.